The third kappa shape index (κ3) is 3.92. The lowest BCUT2D eigenvalue weighted by atomic mass is 9.99. The van der Waals surface area contributed by atoms with Crippen LogP contribution in [0.5, 0.6) is 0 Å². The molecule has 162 valence electrons. The second-order valence-electron chi connectivity index (χ2n) is 8.54. The zero-order valence-electron chi connectivity index (χ0n) is 18.2. The minimum absolute atomic E-state index is 0.138. The van der Waals surface area contributed by atoms with Gasteiger partial charge >= 0.3 is 5.97 Å². The standard InChI is InChI=1S/C27H26N2O3/c1-32-27(31)21-9-7-20(8-10-21)22-11-12-25-23(15-22)17-29(26(25)30)24-13-14-28(18-24)16-19-5-3-2-4-6-19/h2-12,15,24H,13-14,16-18H2,1H3/t24-/m1/s1. The molecule has 1 atom stereocenters. The largest absolute Gasteiger partial charge is 0.465 e. The maximum Gasteiger partial charge on any atom is 0.337 e. The third-order valence-electron chi connectivity index (χ3n) is 6.51. The first-order valence-corrected chi connectivity index (χ1v) is 11.0. The van der Waals surface area contributed by atoms with Gasteiger partial charge in [0.1, 0.15) is 0 Å². The van der Waals surface area contributed by atoms with Crippen LogP contribution in [-0.2, 0) is 17.8 Å². The SMILES string of the molecule is COC(=O)c1ccc(-c2ccc3c(c2)CN([C@@H]2CCN(Cc4ccccc4)C2)C3=O)cc1. The second-order valence-corrected chi connectivity index (χ2v) is 8.54. The van der Waals surface area contributed by atoms with Crippen molar-refractivity contribution < 1.29 is 14.3 Å². The molecule has 0 unspecified atom stereocenters. The number of likely N-dealkylation sites (tertiary alicyclic amines) is 1. The first kappa shape index (κ1) is 20.5. The molecule has 0 aliphatic carbocycles. The summed E-state index contributed by atoms with van der Waals surface area (Å²) in [4.78, 5) is 29.3. The predicted molar refractivity (Wildman–Crippen MR) is 123 cm³/mol. The average molecular weight is 427 g/mol. The van der Waals surface area contributed by atoms with Gasteiger partial charge in [-0.2, -0.15) is 0 Å². The summed E-state index contributed by atoms with van der Waals surface area (Å²) in [5.74, 6) is -0.205. The topological polar surface area (TPSA) is 49.9 Å². The highest BCUT2D eigenvalue weighted by molar-refractivity contribution is 5.99. The molecule has 0 spiro atoms. The number of esters is 1. The fourth-order valence-corrected chi connectivity index (χ4v) is 4.79. The number of carbonyl (C=O) groups excluding carboxylic acids is 2. The fourth-order valence-electron chi connectivity index (χ4n) is 4.79. The van der Waals surface area contributed by atoms with Crippen molar-refractivity contribution in [3.8, 4) is 11.1 Å². The molecule has 2 aliphatic heterocycles. The third-order valence-corrected chi connectivity index (χ3v) is 6.51. The Hall–Kier alpha value is -3.44. The molecule has 1 saturated heterocycles. The van der Waals surface area contributed by atoms with Crippen LogP contribution in [0.3, 0.4) is 0 Å². The molecule has 0 bridgehead atoms. The Balaban J connectivity index is 1.28. The number of rotatable bonds is 5. The van der Waals surface area contributed by atoms with Gasteiger partial charge in [-0.1, -0.05) is 48.5 Å². The molecule has 5 heteroatoms. The molecule has 32 heavy (non-hydrogen) atoms. The van der Waals surface area contributed by atoms with E-state index < -0.39 is 0 Å². The number of amides is 1. The van der Waals surface area contributed by atoms with E-state index in [4.69, 9.17) is 4.74 Å². The summed E-state index contributed by atoms with van der Waals surface area (Å²) in [6, 6.07) is 24.2. The molecular formula is C27H26N2O3. The van der Waals surface area contributed by atoms with Gasteiger partial charge in [0.2, 0.25) is 0 Å². The fraction of sp³-hybridized carbons (Fsp3) is 0.259. The predicted octanol–water partition coefficient (Wildman–Crippen LogP) is 4.37. The van der Waals surface area contributed by atoms with Crippen molar-refractivity contribution in [2.24, 2.45) is 0 Å². The Labute approximate surface area is 188 Å². The normalized spacial score (nSPS) is 18.1. The molecule has 2 aliphatic rings. The zero-order valence-corrected chi connectivity index (χ0v) is 18.2. The number of benzene rings is 3. The van der Waals surface area contributed by atoms with Gasteiger partial charge in [-0.05, 0) is 52.9 Å². The number of ether oxygens (including phenoxy) is 1. The van der Waals surface area contributed by atoms with Crippen molar-refractivity contribution in [1.82, 2.24) is 9.80 Å². The summed E-state index contributed by atoms with van der Waals surface area (Å²) in [6.07, 6.45) is 1.01. The summed E-state index contributed by atoms with van der Waals surface area (Å²) in [5, 5.41) is 0. The number of methoxy groups -OCH3 is 1. The molecular weight excluding hydrogens is 400 g/mol. The zero-order chi connectivity index (χ0) is 22.1. The summed E-state index contributed by atoms with van der Waals surface area (Å²) in [7, 11) is 1.38. The van der Waals surface area contributed by atoms with Gasteiger partial charge in [0.15, 0.2) is 0 Å². The lowest BCUT2D eigenvalue weighted by Gasteiger charge is -2.24. The Bertz CT molecular complexity index is 1140. The number of hydrogen-bond acceptors (Lipinski definition) is 4. The van der Waals surface area contributed by atoms with Crippen LogP contribution < -0.4 is 0 Å². The van der Waals surface area contributed by atoms with Crippen LogP contribution in [0.4, 0.5) is 0 Å². The first-order chi connectivity index (χ1) is 15.6. The van der Waals surface area contributed by atoms with E-state index in [0.29, 0.717) is 12.1 Å². The van der Waals surface area contributed by atoms with Crippen LogP contribution in [-0.4, -0.2) is 47.9 Å². The summed E-state index contributed by atoms with van der Waals surface area (Å²) in [5.41, 5.74) is 5.78. The van der Waals surface area contributed by atoms with E-state index in [2.05, 4.69) is 35.2 Å². The van der Waals surface area contributed by atoms with Gasteiger partial charge < -0.3 is 9.64 Å². The van der Waals surface area contributed by atoms with E-state index >= 15 is 0 Å². The highest BCUT2D eigenvalue weighted by Gasteiger charge is 2.36. The van der Waals surface area contributed by atoms with Crippen LogP contribution in [0.1, 0.15) is 38.3 Å². The molecule has 0 aromatic heterocycles. The molecule has 0 saturated carbocycles. The van der Waals surface area contributed by atoms with Gasteiger partial charge in [-0.3, -0.25) is 9.69 Å². The van der Waals surface area contributed by atoms with E-state index in [0.717, 1.165) is 48.3 Å². The van der Waals surface area contributed by atoms with Crippen molar-refractivity contribution in [2.45, 2.75) is 25.6 Å². The van der Waals surface area contributed by atoms with Crippen LogP contribution in [0.2, 0.25) is 0 Å². The van der Waals surface area contributed by atoms with Crippen molar-refractivity contribution in [3.05, 3.63) is 95.1 Å². The van der Waals surface area contributed by atoms with Gasteiger partial charge in [-0.15, -0.1) is 0 Å². The lowest BCUT2D eigenvalue weighted by Crippen LogP contribution is -2.37. The Morgan fingerprint density at radius 3 is 2.50 bits per heavy atom. The quantitative estimate of drug-likeness (QED) is 0.569. The average Bonchev–Trinajstić information content (AvgIpc) is 3.43. The highest BCUT2D eigenvalue weighted by atomic mass is 16.5. The monoisotopic (exact) mass is 426 g/mol. The Morgan fingerprint density at radius 2 is 1.75 bits per heavy atom. The molecule has 5 rings (SSSR count). The van der Waals surface area contributed by atoms with Crippen molar-refractivity contribution in [3.63, 3.8) is 0 Å². The lowest BCUT2D eigenvalue weighted by molar-refractivity contribution is 0.0600. The summed E-state index contributed by atoms with van der Waals surface area (Å²) < 4.78 is 4.77. The Kier molecular flexibility index (Phi) is 5.50. The number of fused-ring (bicyclic) bond motifs is 1. The highest BCUT2D eigenvalue weighted by Crippen LogP contribution is 2.32. The smallest absolute Gasteiger partial charge is 0.337 e. The van der Waals surface area contributed by atoms with Gasteiger partial charge in [-0.25, -0.2) is 4.79 Å². The minimum Gasteiger partial charge on any atom is -0.465 e. The maximum absolute atomic E-state index is 13.1. The van der Waals surface area contributed by atoms with Crippen molar-refractivity contribution >= 4 is 11.9 Å². The van der Waals surface area contributed by atoms with E-state index in [9.17, 15) is 9.59 Å². The molecule has 3 aromatic rings. The molecule has 1 amide bonds. The Morgan fingerprint density at radius 1 is 1.00 bits per heavy atom. The minimum atomic E-state index is -0.343. The number of hydrogen-bond donors (Lipinski definition) is 0. The van der Waals surface area contributed by atoms with Crippen LogP contribution in [0.15, 0.2) is 72.8 Å². The van der Waals surface area contributed by atoms with Crippen molar-refractivity contribution in [1.29, 1.82) is 0 Å². The molecule has 2 heterocycles. The summed E-state index contributed by atoms with van der Waals surface area (Å²) in [6.45, 7) is 3.51. The second kappa shape index (κ2) is 8.60. The first-order valence-electron chi connectivity index (χ1n) is 11.0. The van der Waals surface area contributed by atoms with Crippen LogP contribution in [0, 0.1) is 0 Å². The molecule has 3 aromatic carbocycles. The number of carbonyl (C=O) groups is 2. The van der Waals surface area contributed by atoms with E-state index in [1.54, 1.807) is 12.1 Å². The summed E-state index contributed by atoms with van der Waals surface area (Å²) >= 11 is 0. The maximum atomic E-state index is 13.1. The molecule has 0 radical (unpaired) electrons. The van der Waals surface area contributed by atoms with E-state index in [-0.39, 0.29) is 17.9 Å². The van der Waals surface area contributed by atoms with Crippen LogP contribution in [0.25, 0.3) is 11.1 Å². The van der Waals surface area contributed by atoms with E-state index in [1.165, 1.54) is 12.7 Å². The van der Waals surface area contributed by atoms with Crippen LogP contribution >= 0.6 is 0 Å². The molecule has 5 nitrogen and oxygen atoms in total. The van der Waals surface area contributed by atoms with E-state index in [1.807, 2.05) is 35.2 Å². The molecule has 1 fully saturated rings. The van der Waals surface area contributed by atoms with Crippen molar-refractivity contribution in [2.75, 3.05) is 20.2 Å². The molecule has 0 N–H and O–H groups in total. The van der Waals surface area contributed by atoms with Gasteiger partial charge in [0, 0.05) is 37.8 Å². The number of nitrogens with zero attached hydrogens (tertiary/aromatic N) is 2. The van der Waals surface area contributed by atoms with Gasteiger partial charge in [0.05, 0.1) is 12.7 Å². The van der Waals surface area contributed by atoms with Gasteiger partial charge in [0.25, 0.3) is 5.91 Å².